The van der Waals surface area contributed by atoms with E-state index in [0.29, 0.717) is 4.90 Å². The predicted octanol–water partition coefficient (Wildman–Crippen LogP) is -7.84. The molecule has 1 saturated heterocycles. The molecule has 0 aromatic carbocycles. The molecule has 10 nitrogen and oxygen atoms in total. The molecule has 0 spiro atoms. The quantitative estimate of drug-likeness (QED) is 0.226. The van der Waals surface area contributed by atoms with Crippen LogP contribution in [0, 0.1) is 0 Å². The summed E-state index contributed by atoms with van der Waals surface area (Å²) < 4.78 is 0. The Hall–Kier alpha value is -0.850. The standard InChI is InChI=1S/C11H21NO9/c13-3-4-7(16)5(14)1-12(4)2-6(15)8(17)9(18)10(19)11(20)21/h4-10,13-19H,1-3H2,(H,20,21)/t4-,5-,6-,7-,8+,9-,10-/m0/s1. The third-order valence-corrected chi connectivity index (χ3v) is 3.78. The van der Waals surface area contributed by atoms with E-state index < -0.39 is 55.2 Å². The van der Waals surface area contributed by atoms with E-state index in [1.54, 1.807) is 0 Å². The zero-order valence-electron chi connectivity index (χ0n) is 11.1. The molecule has 1 aliphatic rings. The van der Waals surface area contributed by atoms with Crippen molar-refractivity contribution in [1.82, 2.24) is 0 Å². The van der Waals surface area contributed by atoms with Gasteiger partial charge in [0.25, 0.3) is 0 Å². The summed E-state index contributed by atoms with van der Waals surface area (Å²) >= 11 is 0. The van der Waals surface area contributed by atoms with Crippen LogP contribution in [0.25, 0.3) is 0 Å². The number of aliphatic carboxylic acids is 1. The van der Waals surface area contributed by atoms with Gasteiger partial charge in [-0.1, -0.05) is 0 Å². The minimum Gasteiger partial charge on any atom is -0.547 e. The van der Waals surface area contributed by atoms with Crippen LogP contribution >= 0.6 is 0 Å². The van der Waals surface area contributed by atoms with Crippen molar-refractivity contribution in [2.75, 3.05) is 19.7 Å². The van der Waals surface area contributed by atoms with E-state index in [1.165, 1.54) is 0 Å². The van der Waals surface area contributed by atoms with Crippen molar-refractivity contribution in [1.29, 1.82) is 0 Å². The van der Waals surface area contributed by atoms with Gasteiger partial charge in [0.05, 0.1) is 12.6 Å². The lowest BCUT2D eigenvalue weighted by atomic mass is 10.0. The fraction of sp³-hybridized carbons (Fsp3) is 0.909. The first kappa shape index (κ1) is 18.2. The summed E-state index contributed by atoms with van der Waals surface area (Å²) in [7, 11) is 0. The first-order valence-electron chi connectivity index (χ1n) is 6.45. The third-order valence-electron chi connectivity index (χ3n) is 3.78. The molecule has 124 valence electrons. The zero-order chi connectivity index (χ0) is 16.3. The largest absolute Gasteiger partial charge is 0.547 e. The van der Waals surface area contributed by atoms with Crippen molar-refractivity contribution in [2.24, 2.45) is 0 Å². The molecule has 0 aromatic rings. The molecule has 0 radical (unpaired) electrons. The highest BCUT2D eigenvalue weighted by atomic mass is 16.4. The molecular weight excluding hydrogens is 290 g/mol. The highest BCUT2D eigenvalue weighted by Gasteiger charge is 2.45. The molecule has 8 N–H and O–H groups in total. The van der Waals surface area contributed by atoms with Gasteiger partial charge in [0, 0.05) is 0 Å². The average molecular weight is 311 g/mol. The normalized spacial score (nSPS) is 35.2. The predicted molar refractivity (Wildman–Crippen MR) is 62.6 cm³/mol. The molecule has 1 aliphatic heterocycles. The Labute approximate surface area is 120 Å². The van der Waals surface area contributed by atoms with Gasteiger partial charge < -0.3 is 50.5 Å². The van der Waals surface area contributed by atoms with Gasteiger partial charge in [-0.05, 0) is 0 Å². The molecule has 1 rings (SSSR count). The minimum atomic E-state index is -2.37. The highest BCUT2D eigenvalue weighted by Crippen LogP contribution is 2.06. The Kier molecular flexibility index (Phi) is 6.43. The number of hydrogen-bond donors (Lipinski definition) is 8. The van der Waals surface area contributed by atoms with Gasteiger partial charge in [0.1, 0.15) is 55.8 Å². The second kappa shape index (κ2) is 7.42. The molecule has 1 fully saturated rings. The summed E-state index contributed by atoms with van der Waals surface area (Å²) in [5.41, 5.74) is 0. The maximum absolute atomic E-state index is 10.4. The van der Waals surface area contributed by atoms with Crippen LogP contribution in [0.5, 0.6) is 0 Å². The van der Waals surface area contributed by atoms with E-state index >= 15 is 0 Å². The number of rotatable bonds is 7. The lowest BCUT2D eigenvalue weighted by molar-refractivity contribution is -0.919. The lowest BCUT2D eigenvalue weighted by Crippen LogP contribution is -3.16. The van der Waals surface area contributed by atoms with E-state index in [-0.39, 0.29) is 13.1 Å². The molecule has 8 atom stereocenters. The maximum Gasteiger partial charge on any atom is 0.140 e. The minimum absolute atomic E-state index is 0.00465. The number of carboxylic acids is 1. The van der Waals surface area contributed by atoms with Crippen molar-refractivity contribution in [3.63, 3.8) is 0 Å². The topological polar surface area (TPSA) is 186 Å². The molecule has 0 amide bonds. The fourth-order valence-corrected chi connectivity index (χ4v) is 2.47. The monoisotopic (exact) mass is 311 g/mol. The van der Waals surface area contributed by atoms with Crippen LogP contribution < -0.4 is 10.0 Å². The average Bonchev–Trinajstić information content (AvgIpc) is 2.70. The Morgan fingerprint density at radius 1 is 1.19 bits per heavy atom. The first-order chi connectivity index (χ1) is 9.70. The Morgan fingerprint density at radius 3 is 2.24 bits per heavy atom. The second-order valence-electron chi connectivity index (χ2n) is 5.23. The number of quaternary nitrogens is 1. The van der Waals surface area contributed by atoms with Crippen LogP contribution in [-0.4, -0.2) is 104 Å². The first-order valence-corrected chi connectivity index (χ1v) is 6.45. The Bertz CT molecular complexity index is 355. The van der Waals surface area contributed by atoms with Gasteiger partial charge in [-0.3, -0.25) is 0 Å². The molecule has 0 bridgehead atoms. The van der Waals surface area contributed by atoms with Crippen LogP contribution in [0.15, 0.2) is 0 Å². The van der Waals surface area contributed by atoms with E-state index in [2.05, 4.69) is 0 Å². The number of likely N-dealkylation sites (tertiary alicyclic amines) is 1. The molecule has 0 saturated carbocycles. The molecule has 10 heteroatoms. The van der Waals surface area contributed by atoms with Crippen molar-refractivity contribution in [3.8, 4) is 0 Å². The third kappa shape index (κ3) is 4.08. The van der Waals surface area contributed by atoms with Gasteiger partial charge >= 0.3 is 0 Å². The van der Waals surface area contributed by atoms with Crippen LogP contribution in [0.1, 0.15) is 0 Å². The van der Waals surface area contributed by atoms with Crippen molar-refractivity contribution >= 4 is 5.97 Å². The van der Waals surface area contributed by atoms with Crippen LogP contribution in [0.3, 0.4) is 0 Å². The Morgan fingerprint density at radius 2 is 1.76 bits per heavy atom. The van der Waals surface area contributed by atoms with Crippen molar-refractivity contribution in [3.05, 3.63) is 0 Å². The summed E-state index contributed by atoms with van der Waals surface area (Å²) in [6.45, 7) is -0.757. The summed E-state index contributed by atoms with van der Waals surface area (Å²) in [6.07, 6.45) is -10.5. The second-order valence-corrected chi connectivity index (χ2v) is 5.23. The number of hydrogen-bond acceptors (Lipinski definition) is 9. The van der Waals surface area contributed by atoms with Gasteiger partial charge in [-0.25, -0.2) is 0 Å². The Balaban J connectivity index is 2.63. The van der Waals surface area contributed by atoms with E-state index in [1.807, 2.05) is 0 Å². The van der Waals surface area contributed by atoms with Gasteiger partial charge in [-0.2, -0.15) is 0 Å². The van der Waals surface area contributed by atoms with Crippen molar-refractivity contribution in [2.45, 2.75) is 42.7 Å². The molecule has 21 heavy (non-hydrogen) atoms. The SMILES string of the molecule is O=C([O-])[C@@H](O)[C@@H](O)[C@H](O)[C@@H](O)C[NH+]1C[C@H](O)[C@@H](O)[C@@H]1CO. The smallest absolute Gasteiger partial charge is 0.140 e. The molecule has 1 heterocycles. The van der Waals surface area contributed by atoms with Crippen LogP contribution in [-0.2, 0) is 4.79 Å². The number of aliphatic hydroxyl groups is 7. The lowest BCUT2D eigenvalue weighted by Gasteiger charge is -2.29. The molecule has 0 aromatic heterocycles. The summed E-state index contributed by atoms with van der Waals surface area (Å²) in [5, 5.41) is 76.4. The molecular formula is C11H21NO9. The van der Waals surface area contributed by atoms with Gasteiger partial charge in [0.2, 0.25) is 0 Å². The van der Waals surface area contributed by atoms with Gasteiger partial charge in [-0.15, -0.1) is 0 Å². The molecule has 0 aliphatic carbocycles. The van der Waals surface area contributed by atoms with Gasteiger partial charge in [0.15, 0.2) is 0 Å². The number of carbonyl (C=O) groups excluding carboxylic acids is 1. The number of aliphatic hydroxyl groups excluding tert-OH is 7. The van der Waals surface area contributed by atoms with E-state index in [0.717, 1.165) is 0 Å². The summed E-state index contributed by atoms with van der Waals surface area (Å²) in [5.74, 6) is -2.00. The van der Waals surface area contributed by atoms with E-state index in [4.69, 9.17) is 10.2 Å². The zero-order valence-corrected chi connectivity index (χ0v) is 11.1. The summed E-state index contributed by atoms with van der Waals surface area (Å²) in [6, 6.07) is -0.787. The number of nitrogens with one attached hydrogen (secondary N) is 1. The summed E-state index contributed by atoms with van der Waals surface area (Å²) in [4.78, 5) is 10.8. The highest BCUT2D eigenvalue weighted by molar-refractivity contribution is 5.70. The fourth-order valence-electron chi connectivity index (χ4n) is 2.47. The van der Waals surface area contributed by atoms with E-state index in [9.17, 15) is 35.4 Å². The maximum atomic E-state index is 10.4. The van der Waals surface area contributed by atoms with Crippen LogP contribution in [0.2, 0.25) is 0 Å². The number of carboxylic acid groups (broad SMARTS) is 1. The molecule has 1 unspecified atom stereocenters. The van der Waals surface area contributed by atoms with Crippen LogP contribution in [0.4, 0.5) is 0 Å². The van der Waals surface area contributed by atoms with Crippen molar-refractivity contribution < 1.29 is 50.5 Å². The number of carbonyl (C=O) groups is 1.